The van der Waals surface area contributed by atoms with Gasteiger partial charge in [-0.15, -0.1) is 0 Å². The molecule has 0 aliphatic carbocycles. The first-order valence-electron chi connectivity index (χ1n) is 7.92. The Morgan fingerprint density at radius 1 is 0.962 bits per heavy atom. The third-order valence-electron chi connectivity index (χ3n) is 3.68. The molecule has 0 saturated carbocycles. The molecule has 1 aromatic heterocycles. The fourth-order valence-electron chi connectivity index (χ4n) is 2.47. The van der Waals surface area contributed by atoms with Crippen molar-refractivity contribution < 1.29 is 9.53 Å². The molecular formula is C19H18N4O2S. The smallest absolute Gasteiger partial charge is 0.271 e. The summed E-state index contributed by atoms with van der Waals surface area (Å²) in [4.78, 5) is 12.5. The van der Waals surface area contributed by atoms with Crippen LogP contribution in [0.15, 0.2) is 73.1 Å². The van der Waals surface area contributed by atoms with Crippen molar-refractivity contribution in [2.45, 2.75) is 0 Å². The lowest BCUT2D eigenvalue weighted by atomic mass is 10.1. The fraction of sp³-hybridized carbons (Fsp3) is 0.0526. The summed E-state index contributed by atoms with van der Waals surface area (Å²) in [6.07, 6.45) is 3.76. The molecule has 1 heterocycles. The first-order valence-corrected chi connectivity index (χ1v) is 8.32. The van der Waals surface area contributed by atoms with E-state index in [9.17, 15) is 4.79 Å². The summed E-state index contributed by atoms with van der Waals surface area (Å²) < 4.78 is 7.13. The number of aromatic nitrogens is 1. The number of ether oxygens (including phenoxy) is 1. The highest BCUT2D eigenvalue weighted by atomic mass is 32.1. The molecule has 6 nitrogen and oxygen atoms in total. The van der Waals surface area contributed by atoms with Gasteiger partial charge in [0.15, 0.2) is 5.11 Å². The van der Waals surface area contributed by atoms with Crippen molar-refractivity contribution in [3.63, 3.8) is 0 Å². The number of nitrogens with zero attached hydrogens (tertiary/aromatic N) is 1. The van der Waals surface area contributed by atoms with Crippen LogP contribution in [0.2, 0.25) is 0 Å². The average Bonchev–Trinajstić information content (AvgIpc) is 3.21. The van der Waals surface area contributed by atoms with Gasteiger partial charge in [0.05, 0.1) is 24.0 Å². The Balaban J connectivity index is 1.65. The van der Waals surface area contributed by atoms with E-state index in [0.717, 1.165) is 5.69 Å². The third-order valence-corrected chi connectivity index (χ3v) is 3.88. The zero-order valence-electron chi connectivity index (χ0n) is 14.1. The van der Waals surface area contributed by atoms with Crippen LogP contribution in [0.5, 0.6) is 5.75 Å². The molecule has 7 heteroatoms. The number of amides is 1. The van der Waals surface area contributed by atoms with Crippen LogP contribution in [0, 0.1) is 0 Å². The Kier molecular flexibility index (Phi) is 5.50. The highest BCUT2D eigenvalue weighted by molar-refractivity contribution is 7.80. The molecule has 0 spiro atoms. The normalized spacial score (nSPS) is 10.0. The number of rotatable bonds is 4. The molecule has 0 atom stereocenters. The topological polar surface area (TPSA) is 67.3 Å². The minimum atomic E-state index is -0.293. The monoisotopic (exact) mass is 366 g/mol. The average molecular weight is 366 g/mol. The molecule has 0 bridgehead atoms. The van der Waals surface area contributed by atoms with Gasteiger partial charge in [0.25, 0.3) is 5.91 Å². The first kappa shape index (κ1) is 17.5. The van der Waals surface area contributed by atoms with Crippen LogP contribution in [-0.2, 0) is 0 Å². The van der Waals surface area contributed by atoms with E-state index < -0.39 is 0 Å². The lowest BCUT2D eigenvalue weighted by Gasteiger charge is -2.15. The number of carbonyl (C=O) groups is 1. The van der Waals surface area contributed by atoms with Gasteiger partial charge < -0.3 is 14.6 Å². The number of nitrogens with one attached hydrogen (secondary N) is 3. The number of hydrazine groups is 1. The highest BCUT2D eigenvalue weighted by Gasteiger charge is 2.12. The lowest BCUT2D eigenvalue weighted by Crippen LogP contribution is -2.44. The van der Waals surface area contributed by atoms with Gasteiger partial charge in [-0.1, -0.05) is 24.3 Å². The van der Waals surface area contributed by atoms with Crippen molar-refractivity contribution in [1.29, 1.82) is 0 Å². The van der Waals surface area contributed by atoms with Crippen LogP contribution in [0.3, 0.4) is 0 Å². The van der Waals surface area contributed by atoms with Crippen LogP contribution in [-0.4, -0.2) is 22.7 Å². The molecule has 0 saturated heterocycles. The van der Waals surface area contributed by atoms with E-state index in [0.29, 0.717) is 17.0 Å². The van der Waals surface area contributed by atoms with E-state index >= 15 is 0 Å². The molecule has 3 rings (SSSR count). The second-order valence-electron chi connectivity index (χ2n) is 5.34. The van der Waals surface area contributed by atoms with Crippen molar-refractivity contribution in [3.8, 4) is 11.4 Å². The molecule has 1 amide bonds. The summed E-state index contributed by atoms with van der Waals surface area (Å²) in [5.74, 6) is 0.361. The zero-order valence-corrected chi connectivity index (χ0v) is 14.9. The van der Waals surface area contributed by atoms with Crippen molar-refractivity contribution in [1.82, 2.24) is 15.4 Å². The number of thiocarbonyl (C=S) groups is 1. The summed E-state index contributed by atoms with van der Waals surface area (Å²) in [7, 11) is 1.58. The Hall–Kier alpha value is -3.32. The molecule has 2 aromatic carbocycles. The van der Waals surface area contributed by atoms with Crippen molar-refractivity contribution in [2.24, 2.45) is 0 Å². The summed E-state index contributed by atoms with van der Waals surface area (Å²) in [6.45, 7) is 0. The highest BCUT2D eigenvalue weighted by Crippen LogP contribution is 2.22. The van der Waals surface area contributed by atoms with Crippen molar-refractivity contribution in [3.05, 3.63) is 78.6 Å². The van der Waals surface area contributed by atoms with Crippen LogP contribution >= 0.6 is 12.2 Å². The second-order valence-corrected chi connectivity index (χ2v) is 5.75. The fourth-order valence-corrected chi connectivity index (χ4v) is 2.63. The molecule has 0 aliphatic heterocycles. The summed E-state index contributed by atoms with van der Waals surface area (Å²) in [5.41, 5.74) is 7.33. The standard InChI is InChI=1S/C19H18N4O2S/c1-25-17-11-5-3-9-15(17)20-19(26)22-21-18(24)14-8-2-4-10-16(14)23-12-6-7-13-23/h2-13H,1H3,(H,21,24)(H2,20,22,26). The van der Waals surface area contributed by atoms with Gasteiger partial charge in [-0.3, -0.25) is 15.6 Å². The van der Waals surface area contributed by atoms with Gasteiger partial charge >= 0.3 is 0 Å². The zero-order chi connectivity index (χ0) is 18.4. The number of benzene rings is 2. The molecule has 26 heavy (non-hydrogen) atoms. The number of anilines is 1. The van der Waals surface area contributed by atoms with E-state index in [1.165, 1.54) is 0 Å². The van der Waals surface area contributed by atoms with E-state index in [1.54, 1.807) is 13.2 Å². The van der Waals surface area contributed by atoms with Gasteiger partial charge in [-0.05, 0) is 48.6 Å². The molecule has 132 valence electrons. The van der Waals surface area contributed by atoms with Crippen molar-refractivity contribution >= 4 is 28.9 Å². The van der Waals surface area contributed by atoms with Crippen LogP contribution in [0.1, 0.15) is 10.4 Å². The van der Waals surface area contributed by atoms with Gasteiger partial charge in [0.1, 0.15) is 5.75 Å². The maximum absolute atomic E-state index is 12.5. The Morgan fingerprint density at radius 2 is 1.65 bits per heavy atom. The van der Waals surface area contributed by atoms with Crippen LogP contribution < -0.4 is 20.9 Å². The summed E-state index contributed by atoms with van der Waals surface area (Å²) in [5, 5.41) is 3.24. The predicted octanol–water partition coefficient (Wildman–Crippen LogP) is 3.12. The molecule has 3 N–H and O–H groups in total. The summed E-state index contributed by atoms with van der Waals surface area (Å²) in [6, 6.07) is 18.5. The van der Waals surface area contributed by atoms with E-state index in [-0.39, 0.29) is 11.0 Å². The largest absolute Gasteiger partial charge is 0.495 e. The van der Waals surface area contributed by atoms with Gasteiger partial charge in [-0.2, -0.15) is 0 Å². The molecular weight excluding hydrogens is 348 g/mol. The minimum absolute atomic E-state index is 0.251. The predicted molar refractivity (Wildman–Crippen MR) is 106 cm³/mol. The molecule has 0 unspecified atom stereocenters. The molecule has 0 radical (unpaired) electrons. The Bertz CT molecular complexity index is 909. The third kappa shape index (κ3) is 4.01. The van der Waals surface area contributed by atoms with Crippen LogP contribution in [0.4, 0.5) is 5.69 Å². The molecule has 0 fully saturated rings. The number of hydrogen-bond donors (Lipinski definition) is 3. The quantitative estimate of drug-likeness (QED) is 0.489. The number of methoxy groups -OCH3 is 1. The number of hydrogen-bond acceptors (Lipinski definition) is 3. The number of carbonyl (C=O) groups excluding carboxylic acids is 1. The van der Waals surface area contributed by atoms with E-state index in [1.807, 2.05) is 71.6 Å². The minimum Gasteiger partial charge on any atom is -0.495 e. The van der Waals surface area contributed by atoms with Crippen LogP contribution in [0.25, 0.3) is 5.69 Å². The SMILES string of the molecule is COc1ccccc1NC(=S)NNC(=O)c1ccccc1-n1cccc1. The number of para-hydroxylation sites is 3. The van der Waals surface area contributed by atoms with Gasteiger partial charge in [0, 0.05) is 12.4 Å². The maximum atomic E-state index is 12.5. The van der Waals surface area contributed by atoms with Crippen molar-refractivity contribution in [2.75, 3.05) is 12.4 Å². The summed E-state index contributed by atoms with van der Waals surface area (Å²) >= 11 is 5.23. The first-order chi connectivity index (χ1) is 12.7. The Morgan fingerprint density at radius 3 is 2.42 bits per heavy atom. The van der Waals surface area contributed by atoms with Gasteiger partial charge in [-0.25, -0.2) is 0 Å². The molecule has 0 aliphatic rings. The lowest BCUT2D eigenvalue weighted by molar-refractivity contribution is 0.0944. The maximum Gasteiger partial charge on any atom is 0.271 e. The Labute approximate surface area is 156 Å². The molecule has 3 aromatic rings. The second kappa shape index (κ2) is 8.17. The van der Waals surface area contributed by atoms with E-state index in [4.69, 9.17) is 17.0 Å². The van der Waals surface area contributed by atoms with Gasteiger partial charge in [0.2, 0.25) is 0 Å². The van der Waals surface area contributed by atoms with E-state index in [2.05, 4.69) is 16.2 Å².